The predicted molar refractivity (Wildman–Crippen MR) is 80.7 cm³/mol. The van der Waals surface area contributed by atoms with E-state index in [1.165, 1.54) is 11.1 Å². The van der Waals surface area contributed by atoms with Crippen LogP contribution in [-0.4, -0.2) is 28.7 Å². The molecule has 1 saturated heterocycles. The van der Waals surface area contributed by atoms with Gasteiger partial charge in [-0.15, -0.1) is 0 Å². The number of hydrogen-bond donors (Lipinski definition) is 0. The van der Waals surface area contributed by atoms with Gasteiger partial charge in [-0.25, -0.2) is 0 Å². The molecule has 102 valence electrons. The van der Waals surface area contributed by atoms with E-state index in [-0.39, 0.29) is 5.92 Å². The Morgan fingerprint density at radius 3 is 2.95 bits per heavy atom. The van der Waals surface area contributed by atoms with E-state index in [2.05, 4.69) is 45.1 Å². The van der Waals surface area contributed by atoms with Crippen molar-refractivity contribution >= 4 is 21.8 Å². The highest BCUT2D eigenvalue weighted by Crippen LogP contribution is 2.34. The number of benzene rings is 1. The number of carbonyl (C=O) groups is 1. The molecular formula is C16H20BrNO. The number of alkyl halides is 1. The van der Waals surface area contributed by atoms with E-state index in [1.807, 2.05) is 0 Å². The lowest BCUT2D eigenvalue weighted by Gasteiger charge is -2.31. The highest BCUT2D eigenvalue weighted by atomic mass is 79.9. The minimum atomic E-state index is 0.101. The molecule has 2 unspecified atom stereocenters. The van der Waals surface area contributed by atoms with Crippen molar-refractivity contribution in [2.75, 3.05) is 11.9 Å². The summed E-state index contributed by atoms with van der Waals surface area (Å²) in [5.41, 5.74) is 2.65. The van der Waals surface area contributed by atoms with Crippen molar-refractivity contribution in [3.05, 3.63) is 35.4 Å². The molecule has 3 heteroatoms. The zero-order chi connectivity index (χ0) is 13.2. The molecule has 0 saturated carbocycles. The van der Waals surface area contributed by atoms with Crippen LogP contribution in [0.3, 0.4) is 0 Å². The van der Waals surface area contributed by atoms with E-state index in [9.17, 15) is 4.79 Å². The monoisotopic (exact) mass is 321 g/mol. The summed E-state index contributed by atoms with van der Waals surface area (Å²) in [6, 6.07) is 8.89. The van der Waals surface area contributed by atoms with Crippen LogP contribution >= 0.6 is 15.9 Å². The lowest BCUT2D eigenvalue weighted by Crippen LogP contribution is -2.40. The number of aryl methyl sites for hydroxylation is 1. The normalized spacial score (nSPS) is 26.3. The molecule has 0 radical (unpaired) electrons. The zero-order valence-corrected chi connectivity index (χ0v) is 12.7. The number of hydrogen-bond acceptors (Lipinski definition) is 1. The summed E-state index contributed by atoms with van der Waals surface area (Å²) >= 11 is 3.55. The van der Waals surface area contributed by atoms with Gasteiger partial charge in [0.2, 0.25) is 5.91 Å². The largest absolute Gasteiger partial charge is 0.338 e. The summed E-state index contributed by atoms with van der Waals surface area (Å²) in [7, 11) is 0. The molecule has 0 spiro atoms. The topological polar surface area (TPSA) is 20.3 Å². The van der Waals surface area contributed by atoms with E-state index >= 15 is 0 Å². The van der Waals surface area contributed by atoms with Gasteiger partial charge in [-0.05, 0) is 43.2 Å². The third-order valence-corrected chi connectivity index (χ3v) is 5.25. The van der Waals surface area contributed by atoms with E-state index in [0.29, 0.717) is 11.9 Å². The van der Waals surface area contributed by atoms with Gasteiger partial charge < -0.3 is 4.90 Å². The molecule has 1 fully saturated rings. The fraction of sp³-hybridized carbons (Fsp3) is 0.562. The molecule has 1 amide bonds. The van der Waals surface area contributed by atoms with Crippen molar-refractivity contribution in [2.45, 2.75) is 44.1 Å². The Bertz CT molecular complexity index is 474. The first-order valence-corrected chi connectivity index (χ1v) is 8.37. The fourth-order valence-corrected chi connectivity index (χ4v) is 4.17. The van der Waals surface area contributed by atoms with Crippen LogP contribution in [0, 0.1) is 0 Å². The van der Waals surface area contributed by atoms with Crippen molar-refractivity contribution in [3.63, 3.8) is 0 Å². The van der Waals surface area contributed by atoms with Crippen LogP contribution in [0.15, 0.2) is 24.3 Å². The number of likely N-dealkylation sites (tertiary alicyclic amines) is 1. The van der Waals surface area contributed by atoms with Gasteiger partial charge in [0.25, 0.3) is 0 Å². The Labute approximate surface area is 123 Å². The Kier molecular flexibility index (Phi) is 3.92. The SMILES string of the molecule is O=C(C1CCCc2ccccc21)N1CCCC1CBr. The summed E-state index contributed by atoms with van der Waals surface area (Å²) < 4.78 is 0. The Hall–Kier alpha value is -0.830. The first kappa shape index (κ1) is 13.2. The smallest absolute Gasteiger partial charge is 0.230 e. The quantitative estimate of drug-likeness (QED) is 0.763. The van der Waals surface area contributed by atoms with Crippen LogP contribution in [0.2, 0.25) is 0 Å². The number of fused-ring (bicyclic) bond motifs is 1. The molecule has 0 bridgehead atoms. The van der Waals surface area contributed by atoms with Crippen LogP contribution in [0.4, 0.5) is 0 Å². The van der Waals surface area contributed by atoms with Gasteiger partial charge in [0.1, 0.15) is 0 Å². The van der Waals surface area contributed by atoms with Gasteiger partial charge in [-0.2, -0.15) is 0 Å². The molecule has 1 heterocycles. The second-order valence-electron chi connectivity index (χ2n) is 5.63. The van der Waals surface area contributed by atoms with Gasteiger partial charge in [0.05, 0.1) is 5.92 Å². The number of rotatable bonds is 2. The highest BCUT2D eigenvalue weighted by Gasteiger charge is 2.34. The lowest BCUT2D eigenvalue weighted by molar-refractivity contribution is -0.133. The first-order chi connectivity index (χ1) is 9.31. The predicted octanol–water partition coefficient (Wildman–Crippen LogP) is 3.49. The Morgan fingerprint density at radius 2 is 2.11 bits per heavy atom. The average molecular weight is 322 g/mol. The molecule has 2 atom stereocenters. The second-order valence-corrected chi connectivity index (χ2v) is 6.27. The molecule has 3 rings (SSSR count). The summed E-state index contributed by atoms with van der Waals surface area (Å²) in [5.74, 6) is 0.457. The number of nitrogens with zero attached hydrogens (tertiary/aromatic N) is 1. The molecule has 2 nitrogen and oxygen atoms in total. The number of halogens is 1. The maximum absolute atomic E-state index is 12.8. The first-order valence-electron chi connectivity index (χ1n) is 7.25. The van der Waals surface area contributed by atoms with Crippen molar-refractivity contribution in [1.82, 2.24) is 4.90 Å². The van der Waals surface area contributed by atoms with Crippen molar-refractivity contribution < 1.29 is 4.79 Å². The van der Waals surface area contributed by atoms with Crippen molar-refractivity contribution in [1.29, 1.82) is 0 Å². The van der Waals surface area contributed by atoms with Crippen molar-refractivity contribution in [2.24, 2.45) is 0 Å². The second kappa shape index (κ2) is 5.66. The van der Waals surface area contributed by atoms with E-state index in [1.54, 1.807) is 0 Å². The van der Waals surface area contributed by atoms with Gasteiger partial charge in [-0.3, -0.25) is 4.79 Å². The molecular weight excluding hydrogens is 302 g/mol. The molecule has 2 aliphatic rings. The van der Waals surface area contributed by atoms with Crippen molar-refractivity contribution in [3.8, 4) is 0 Å². The van der Waals surface area contributed by atoms with Gasteiger partial charge in [-0.1, -0.05) is 40.2 Å². The van der Waals surface area contributed by atoms with Crippen LogP contribution in [0.5, 0.6) is 0 Å². The molecule has 0 aromatic heterocycles. The third-order valence-electron chi connectivity index (χ3n) is 4.51. The molecule has 0 N–H and O–H groups in total. The fourth-order valence-electron chi connectivity index (χ4n) is 3.50. The zero-order valence-electron chi connectivity index (χ0n) is 11.1. The summed E-state index contributed by atoms with van der Waals surface area (Å²) in [4.78, 5) is 15.0. The van der Waals surface area contributed by atoms with E-state index < -0.39 is 0 Å². The number of carbonyl (C=O) groups excluding carboxylic acids is 1. The summed E-state index contributed by atoms with van der Waals surface area (Å²) in [6.07, 6.45) is 5.57. The highest BCUT2D eigenvalue weighted by molar-refractivity contribution is 9.09. The molecule has 19 heavy (non-hydrogen) atoms. The molecule has 1 aromatic rings. The molecule has 1 aromatic carbocycles. The third kappa shape index (κ3) is 2.45. The minimum Gasteiger partial charge on any atom is -0.338 e. The maximum Gasteiger partial charge on any atom is 0.230 e. The van der Waals surface area contributed by atoms with Gasteiger partial charge >= 0.3 is 0 Å². The Morgan fingerprint density at radius 1 is 1.26 bits per heavy atom. The van der Waals surface area contributed by atoms with Crippen LogP contribution in [-0.2, 0) is 11.2 Å². The van der Waals surface area contributed by atoms with Crippen LogP contribution in [0.1, 0.15) is 42.7 Å². The Balaban J connectivity index is 1.85. The van der Waals surface area contributed by atoms with Crippen LogP contribution in [0.25, 0.3) is 0 Å². The lowest BCUT2D eigenvalue weighted by atomic mass is 9.82. The summed E-state index contributed by atoms with van der Waals surface area (Å²) in [5, 5.41) is 0.910. The molecule has 1 aliphatic heterocycles. The molecule has 1 aliphatic carbocycles. The average Bonchev–Trinajstić information content (AvgIpc) is 2.94. The van der Waals surface area contributed by atoms with Gasteiger partial charge in [0.15, 0.2) is 0 Å². The van der Waals surface area contributed by atoms with E-state index in [0.717, 1.165) is 44.0 Å². The number of amides is 1. The maximum atomic E-state index is 12.8. The standard InChI is InChI=1S/C16H20BrNO/c17-11-13-7-4-10-18(13)16(19)15-9-3-6-12-5-1-2-8-14(12)15/h1-2,5,8,13,15H,3-4,6-7,9-11H2. The van der Waals surface area contributed by atoms with Gasteiger partial charge in [0, 0.05) is 17.9 Å². The van der Waals surface area contributed by atoms with Crippen LogP contribution < -0.4 is 0 Å². The summed E-state index contributed by atoms with van der Waals surface area (Å²) in [6.45, 7) is 0.938. The van der Waals surface area contributed by atoms with E-state index in [4.69, 9.17) is 0 Å². The minimum absolute atomic E-state index is 0.101.